The molecule has 1 heterocycles. The summed E-state index contributed by atoms with van der Waals surface area (Å²) < 4.78 is 0. The lowest BCUT2D eigenvalue weighted by molar-refractivity contribution is -0.641. The molecule has 0 radical (unpaired) electrons. The van der Waals surface area contributed by atoms with Crippen molar-refractivity contribution in [2.45, 2.75) is 24.6 Å². The van der Waals surface area contributed by atoms with Gasteiger partial charge in [-0.05, 0) is 31.5 Å². The fourth-order valence-corrected chi connectivity index (χ4v) is 2.15. The molecule has 2 N–H and O–H groups in total. The predicted octanol–water partition coefficient (Wildman–Crippen LogP) is 0.860. The zero-order valence-corrected chi connectivity index (χ0v) is 8.80. The van der Waals surface area contributed by atoms with Gasteiger partial charge in [0.05, 0.1) is 10.5 Å². The van der Waals surface area contributed by atoms with Crippen LogP contribution in [-0.2, 0) is 5.72 Å². The highest BCUT2D eigenvalue weighted by atomic mass is 16.7. The molecule has 0 amide bonds. The number of benzene rings is 1. The maximum absolute atomic E-state index is 11.1. The van der Waals surface area contributed by atoms with E-state index in [-0.39, 0.29) is 0 Å². The molecule has 0 bridgehead atoms. The maximum Gasteiger partial charge on any atom is 0.364 e. The van der Waals surface area contributed by atoms with E-state index in [0.717, 1.165) is 6.42 Å². The molecule has 1 fully saturated rings. The summed E-state index contributed by atoms with van der Waals surface area (Å²) in [7, 11) is 0. The van der Waals surface area contributed by atoms with E-state index < -0.39 is 16.7 Å². The molecule has 0 spiro atoms. The Morgan fingerprint density at radius 3 is 2.62 bits per heavy atom. The van der Waals surface area contributed by atoms with Gasteiger partial charge in [0.15, 0.2) is 0 Å². The third-order valence-corrected chi connectivity index (χ3v) is 3.02. The van der Waals surface area contributed by atoms with Crippen LogP contribution in [0.2, 0.25) is 0 Å². The molecular weight excluding hydrogens is 208 g/mol. The van der Waals surface area contributed by atoms with Gasteiger partial charge < -0.3 is 10.4 Å². The zero-order chi connectivity index (χ0) is 11.6. The number of hydrogen-bond donors (Lipinski definition) is 2. The number of rotatable bonds is 3. The van der Waals surface area contributed by atoms with E-state index in [2.05, 4.69) is 5.32 Å². The van der Waals surface area contributed by atoms with Gasteiger partial charge in [0.2, 0.25) is 0 Å². The molecule has 1 unspecified atom stereocenters. The summed E-state index contributed by atoms with van der Waals surface area (Å²) in [4.78, 5) is 10.5. The van der Waals surface area contributed by atoms with Gasteiger partial charge in [0.25, 0.3) is 0 Å². The number of nitrogens with zero attached hydrogens (tertiary/aromatic N) is 1. The monoisotopic (exact) mass is 222 g/mol. The van der Waals surface area contributed by atoms with E-state index in [1.165, 1.54) is 0 Å². The molecule has 1 aliphatic heterocycles. The van der Waals surface area contributed by atoms with Crippen molar-refractivity contribution < 1.29 is 10.0 Å². The van der Waals surface area contributed by atoms with Crippen LogP contribution in [0.3, 0.4) is 0 Å². The van der Waals surface area contributed by atoms with Crippen LogP contribution in [0.5, 0.6) is 0 Å². The minimum absolute atomic E-state index is 0.333. The summed E-state index contributed by atoms with van der Waals surface area (Å²) in [6.45, 7) is 0.716. The van der Waals surface area contributed by atoms with Gasteiger partial charge in [-0.1, -0.05) is 18.2 Å². The average Bonchev–Trinajstić information content (AvgIpc) is 2.82. The van der Waals surface area contributed by atoms with Crippen LogP contribution in [0.4, 0.5) is 0 Å². The van der Waals surface area contributed by atoms with Gasteiger partial charge in [0.1, 0.15) is 6.04 Å². The lowest BCUT2D eigenvalue weighted by Gasteiger charge is -2.25. The van der Waals surface area contributed by atoms with Crippen molar-refractivity contribution in [1.29, 1.82) is 0 Å². The van der Waals surface area contributed by atoms with Gasteiger partial charge in [-0.3, -0.25) is 10.1 Å². The van der Waals surface area contributed by atoms with Crippen molar-refractivity contribution in [3.8, 4) is 0 Å². The smallest absolute Gasteiger partial charge is 0.325 e. The standard InChI is InChI=1S/C11H14N2O3/c14-11(13(15)16,10-7-4-8-12-10)9-5-2-1-3-6-9/h1-3,5-6,10,12,14H,4,7-8H2/t10-,11?/m0/s1. The highest BCUT2D eigenvalue weighted by Crippen LogP contribution is 2.30. The van der Waals surface area contributed by atoms with Crippen LogP contribution in [0.15, 0.2) is 30.3 Å². The van der Waals surface area contributed by atoms with E-state index in [1.54, 1.807) is 30.3 Å². The first-order valence-electron chi connectivity index (χ1n) is 5.31. The van der Waals surface area contributed by atoms with E-state index in [4.69, 9.17) is 0 Å². The van der Waals surface area contributed by atoms with Gasteiger partial charge in [0, 0.05) is 0 Å². The minimum atomic E-state index is -2.02. The minimum Gasteiger partial charge on any atom is -0.325 e. The van der Waals surface area contributed by atoms with Crippen LogP contribution in [0.1, 0.15) is 18.4 Å². The van der Waals surface area contributed by atoms with E-state index in [1.807, 2.05) is 0 Å². The molecule has 1 aromatic rings. The molecule has 5 nitrogen and oxygen atoms in total. The summed E-state index contributed by atoms with van der Waals surface area (Å²) in [5.74, 6) is 0. The average molecular weight is 222 g/mol. The molecule has 86 valence electrons. The van der Waals surface area contributed by atoms with Crippen LogP contribution in [-0.4, -0.2) is 22.6 Å². The van der Waals surface area contributed by atoms with Crippen molar-refractivity contribution in [3.05, 3.63) is 46.0 Å². The predicted molar refractivity (Wildman–Crippen MR) is 58.4 cm³/mol. The fourth-order valence-electron chi connectivity index (χ4n) is 2.15. The lowest BCUT2D eigenvalue weighted by Crippen LogP contribution is -2.50. The third-order valence-electron chi connectivity index (χ3n) is 3.02. The topological polar surface area (TPSA) is 75.4 Å². The van der Waals surface area contributed by atoms with Gasteiger partial charge in [-0.25, -0.2) is 0 Å². The second-order valence-electron chi connectivity index (χ2n) is 4.00. The molecule has 1 aliphatic rings. The summed E-state index contributed by atoms with van der Waals surface area (Å²) >= 11 is 0. The van der Waals surface area contributed by atoms with Crippen molar-refractivity contribution in [3.63, 3.8) is 0 Å². The first-order valence-corrected chi connectivity index (χ1v) is 5.31. The van der Waals surface area contributed by atoms with Gasteiger partial charge in [-0.15, -0.1) is 0 Å². The van der Waals surface area contributed by atoms with Crippen LogP contribution in [0.25, 0.3) is 0 Å². The highest BCUT2D eigenvalue weighted by Gasteiger charge is 2.51. The number of nitrogens with one attached hydrogen (secondary N) is 1. The highest BCUT2D eigenvalue weighted by molar-refractivity contribution is 5.22. The van der Waals surface area contributed by atoms with Crippen molar-refractivity contribution >= 4 is 0 Å². The molecule has 1 saturated heterocycles. The lowest BCUT2D eigenvalue weighted by atomic mass is 9.94. The van der Waals surface area contributed by atoms with Crippen molar-refractivity contribution in [2.24, 2.45) is 0 Å². The Bertz CT molecular complexity index is 376. The SMILES string of the molecule is O=[N+]([O-])C(O)(c1ccccc1)[C@@H]1CCCN1. The Morgan fingerprint density at radius 2 is 2.12 bits per heavy atom. The Morgan fingerprint density at radius 1 is 1.44 bits per heavy atom. The molecule has 0 aliphatic carbocycles. The van der Waals surface area contributed by atoms with Gasteiger partial charge in [-0.2, -0.15) is 0 Å². The summed E-state index contributed by atoms with van der Waals surface area (Å²) in [5.41, 5.74) is -1.68. The third kappa shape index (κ3) is 1.68. The summed E-state index contributed by atoms with van der Waals surface area (Å²) in [6, 6.07) is 7.82. The summed E-state index contributed by atoms with van der Waals surface area (Å²) in [6.07, 6.45) is 1.47. The second-order valence-corrected chi connectivity index (χ2v) is 4.00. The molecular formula is C11H14N2O3. The molecule has 2 atom stereocenters. The molecule has 1 aromatic carbocycles. The zero-order valence-electron chi connectivity index (χ0n) is 8.80. The molecule has 2 rings (SSSR count). The number of aliphatic hydroxyl groups is 1. The Labute approximate surface area is 93.2 Å². The van der Waals surface area contributed by atoms with Crippen LogP contribution in [0, 0.1) is 10.1 Å². The van der Waals surface area contributed by atoms with E-state index in [9.17, 15) is 15.2 Å². The molecule has 0 saturated carbocycles. The quantitative estimate of drug-likeness (QED) is 0.452. The first-order chi connectivity index (χ1) is 7.65. The molecule has 16 heavy (non-hydrogen) atoms. The van der Waals surface area contributed by atoms with Gasteiger partial charge >= 0.3 is 5.72 Å². The number of hydrogen-bond acceptors (Lipinski definition) is 4. The molecule has 0 aromatic heterocycles. The van der Waals surface area contributed by atoms with Crippen molar-refractivity contribution in [1.82, 2.24) is 5.32 Å². The van der Waals surface area contributed by atoms with Crippen LogP contribution >= 0.6 is 0 Å². The Balaban J connectivity index is 2.39. The summed E-state index contributed by atoms with van der Waals surface area (Å²) in [5, 5.41) is 24.4. The normalized spacial score (nSPS) is 23.9. The number of nitro groups is 1. The fraction of sp³-hybridized carbons (Fsp3) is 0.455. The van der Waals surface area contributed by atoms with E-state index >= 15 is 0 Å². The molecule has 5 heteroatoms. The van der Waals surface area contributed by atoms with Crippen LogP contribution < -0.4 is 5.32 Å². The Hall–Kier alpha value is -1.46. The first kappa shape index (κ1) is 11.0. The second kappa shape index (κ2) is 4.19. The van der Waals surface area contributed by atoms with Crippen molar-refractivity contribution in [2.75, 3.05) is 6.54 Å². The van der Waals surface area contributed by atoms with E-state index in [0.29, 0.717) is 18.5 Å². The maximum atomic E-state index is 11.1. The largest absolute Gasteiger partial charge is 0.364 e. The Kier molecular flexibility index (Phi) is 2.89.